The molecule has 0 spiro atoms. The van der Waals surface area contributed by atoms with Crippen molar-refractivity contribution >= 4 is 39.1 Å². The van der Waals surface area contributed by atoms with Crippen molar-refractivity contribution in [2.75, 3.05) is 7.05 Å². The topological polar surface area (TPSA) is 65.8 Å². The lowest BCUT2D eigenvalue weighted by molar-refractivity contribution is 0.0963. The first kappa shape index (κ1) is 14.5. The number of carbonyl (C=O) groups is 1. The van der Waals surface area contributed by atoms with Crippen LogP contribution in [-0.2, 0) is 0 Å². The fraction of sp³-hybridized carbons (Fsp3) is 0.0625. The molecule has 3 rings (SSSR count). The van der Waals surface area contributed by atoms with Gasteiger partial charge in [0.05, 0.1) is 26.9 Å². The molecule has 0 unspecified atom stereocenters. The van der Waals surface area contributed by atoms with E-state index in [2.05, 4.69) is 16.4 Å². The Morgan fingerprint density at radius 1 is 1.32 bits per heavy atom. The second-order valence-corrected chi connectivity index (χ2v) is 6.02. The molecule has 0 atom stereocenters. The maximum Gasteiger partial charge on any atom is 0.251 e. The van der Waals surface area contributed by atoms with Crippen LogP contribution in [0.4, 0.5) is 0 Å². The lowest BCUT2D eigenvalue weighted by Gasteiger charge is -2.04. The maximum absolute atomic E-state index is 11.8. The molecule has 1 N–H and O–H groups in total. The number of hydrogen-bond donors (Lipinski definition) is 1. The zero-order valence-corrected chi connectivity index (χ0v) is 13.1. The van der Waals surface area contributed by atoms with Crippen LogP contribution in [-0.4, -0.2) is 17.9 Å². The van der Waals surface area contributed by atoms with Gasteiger partial charge in [0.15, 0.2) is 0 Å². The van der Waals surface area contributed by atoms with E-state index in [1.54, 1.807) is 37.4 Å². The van der Waals surface area contributed by atoms with E-state index in [0.29, 0.717) is 21.7 Å². The summed E-state index contributed by atoms with van der Waals surface area (Å²) in [7, 11) is 1.58. The number of nitriles is 1. The molecule has 3 aromatic rings. The van der Waals surface area contributed by atoms with Gasteiger partial charge in [0, 0.05) is 18.2 Å². The van der Waals surface area contributed by atoms with Gasteiger partial charge >= 0.3 is 0 Å². The first-order valence-electron chi connectivity index (χ1n) is 6.45. The second kappa shape index (κ2) is 5.76. The summed E-state index contributed by atoms with van der Waals surface area (Å²) in [6.45, 7) is 0. The van der Waals surface area contributed by atoms with E-state index >= 15 is 0 Å². The summed E-state index contributed by atoms with van der Waals surface area (Å²) in [4.78, 5) is 16.3. The summed E-state index contributed by atoms with van der Waals surface area (Å²) in [6.07, 6.45) is 0. The van der Waals surface area contributed by atoms with Crippen molar-refractivity contribution < 1.29 is 4.79 Å². The predicted molar refractivity (Wildman–Crippen MR) is 88.2 cm³/mol. The summed E-state index contributed by atoms with van der Waals surface area (Å²) >= 11 is 7.69. The van der Waals surface area contributed by atoms with Crippen LogP contribution in [0.3, 0.4) is 0 Å². The van der Waals surface area contributed by atoms with Crippen molar-refractivity contribution in [2.24, 2.45) is 0 Å². The lowest BCUT2D eigenvalue weighted by Crippen LogP contribution is -2.17. The molecule has 1 aromatic heterocycles. The number of benzene rings is 2. The minimum Gasteiger partial charge on any atom is -0.355 e. The van der Waals surface area contributed by atoms with Gasteiger partial charge in [-0.25, -0.2) is 4.98 Å². The number of nitrogens with one attached hydrogen (secondary N) is 1. The summed E-state index contributed by atoms with van der Waals surface area (Å²) in [5.41, 5.74) is 2.63. The number of fused-ring (bicyclic) bond motifs is 1. The number of nitrogens with zero attached hydrogens (tertiary/aromatic N) is 2. The molecule has 6 heteroatoms. The van der Waals surface area contributed by atoms with Gasteiger partial charge in [0.25, 0.3) is 5.91 Å². The normalized spacial score (nSPS) is 10.4. The lowest BCUT2D eigenvalue weighted by atomic mass is 10.1. The predicted octanol–water partition coefficient (Wildman–Crippen LogP) is 3.85. The maximum atomic E-state index is 11.8. The third-order valence-corrected chi connectivity index (χ3v) is 4.58. The Balaban J connectivity index is 2.14. The molecule has 0 aliphatic rings. The van der Waals surface area contributed by atoms with Gasteiger partial charge < -0.3 is 5.32 Å². The quantitative estimate of drug-likeness (QED) is 0.777. The van der Waals surface area contributed by atoms with E-state index in [-0.39, 0.29) is 5.91 Å². The minimum atomic E-state index is -0.175. The Bertz CT molecular complexity index is 927. The van der Waals surface area contributed by atoms with Crippen molar-refractivity contribution in [3.63, 3.8) is 0 Å². The average molecular weight is 328 g/mol. The van der Waals surface area contributed by atoms with Crippen molar-refractivity contribution in [1.82, 2.24) is 10.3 Å². The van der Waals surface area contributed by atoms with E-state index in [1.165, 1.54) is 11.3 Å². The van der Waals surface area contributed by atoms with E-state index < -0.39 is 0 Å². The van der Waals surface area contributed by atoms with Gasteiger partial charge in [0.1, 0.15) is 5.01 Å². The fourth-order valence-corrected chi connectivity index (χ4v) is 3.38. The molecule has 0 saturated carbocycles. The first-order valence-corrected chi connectivity index (χ1v) is 7.64. The monoisotopic (exact) mass is 327 g/mol. The Kier molecular flexibility index (Phi) is 3.80. The highest BCUT2D eigenvalue weighted by Gasteiger charge is 2.13. The average Bonchev–Trinajstić information content (AvgIpc) is 2.97. The number of amides is 1. The zero-order chi connectivity index (χ0) is 15.7. The third kappa shape index (κ3) is 2.54. The second-order valence-electron chi connectivity index (χ2n) is 4.59. The number of halogens is 1. The van der Waals surface area contributed by atoms with Crippen LogP contribution in [0.1, 0.15) is 15.9 Å². The highest BCUT2D eigenvalue weighted by atomic mass is 35.5. The molecule has 0 aliphatic heterocycles. The van der Waals surface area contributed by atoms with Crippen molar-refractivity contribution in [2.45, 2.75) is 0 Å². The zero-order valence-electron chi connectivity index (χ0n) is 11.6. The Morgan fingerprint density at radius 2 is 2.14 bits per heavy atom. The molecule has 2 aromatic carbocycles. The highest BCUT2D eigenvalue weighted by molar-refractivity contribution is 7.21. The standard InChI is InChI=1S/C16H10ClN3OS/c1-19-15(21)10-3-4-12(17)11(7-10)16-20-13-5-2-9(8-18)6-14(13)22-16/h2-7H,1H3,(H,19,21). The number of aromatic nitrogens is 1. The van der Waals surface area contributed by atoms with Crippen LogP contribution >= 0.6 is 22.9 Å². The molecule has 1 heterocycles. The van der Waals surface area contributed by atoms with Gasteiger partial charge in [-0.3, -0.25) is 4.79 Å². The van der Waals surface area contributed by atoms with Crippen LogP contribution in [0.5, 0.6) is 0 Å². The van der Waals surface area contributed by atoms with Crippen LogP contribution < -0.4 is 5.32 Å². The van der Waals surface area contributed by atoms with Crippen LogP contribution in [0, 0.1) is 11.3 Å². The molecule has 0 aliphatic carbocycles. The Hall–Kier alpha value is -2.42. The van der Waals surface area contributed by atoms with Crippen molar-refractivity contribution in [3.8, 4) is 16.6 Å². The molecule has 0 saturated heterocycles. The molecule has 4 nitrogen and oxygen atoms in total. The smallest absolute Gasteiger partial charge is 0.251 e. The van der Waals surface area contributed by atoms with E-state index in [0.717, 1.165) is 15.2 Å². The number of carbonyl (C=O) groups excluding carboxylic acids is 1. The largest absolute Gasteiger partial charge is 0.355 e. The summed E-state index contributed by atoms with van der Waals surface area (Å²) < 4.78 is 0.912. The Morgan fingerprint density at radius 3 is 2.86 bits per heavy atom. The first-order chi connectivity index (χ1) is 10.6. The summed E-state index contributed by atoms with van der Waals surface area (Å²) in [5.74, 6) is -0.175. The Labute approximate surface area is 136 Å². The highest BCUT2D eigenvalue weighted by Crippen LogP contribution is 2.35. The SMILES string of the molecule is CNC(=O)c1ccc(Cl)c(-c2nc3ccc(C#N)cc3s2)c1. The molecule has 1 amide bonds. The molecule has 108 valence electrons. The van der Waals surface area contributed by atoms with Crippen molar-refractivity contribution in [3.05, 3.63) is 52.5 Å². The van der Waals surface area contributed by atoms with E-state index in [1.807, 2.05) is 6.07 Å². The van der Waals surface area contributed by atoms with Gasteiger partial charge in [0.2, 0.25) is 0 Å². The molecule has 0 radical (unpaired) electrons. The van der Waals surface area contributed by atoms with Gasteiger partial charge in [-0.1, -0.05) is 11.6 Å². The molecular formula is C16H10ClN3OS. The molecule has 0 fully saturated rings. The van der Waals surface area contributed by atoms with Crippen LogP contribution in [0.2, 0.25) is 5.02 Å². The molecular weight excluding hydrogens is 318 g/mol. The number of thiazole rings is 1. The van der Waals surface area contributed by atoms with E-state index in [9.17, 15) is 4.79 Å². The van der Waals surface area contributed by atoms with Gasteiger partial charge in [-0.2, -0.15) is 5.26 Å². The van der Waals surface area contributed by atoms with Gasteiger partial charge in [-0.15, -0.1) is 11.3 Å². The number of hydrogen-bond acceptors (Lipinski definition) is 4. The van der Waals surface area contributed by atoms with Crippen molar-refractivity contribution in [1.29, 1.82) is 5.26 Å². The third-order valence-electron chi connectivity index (χ3n) is 3.20. The molecule has 22 heavy (non-hydrogen) atoms. The van der Waals surface area contributed by atoms with Gasteiger partial charge in [-0.05, 0) is 36.4 Å². The minimum absolute atomic E-state index is 0.175. The van der Waals surface area contributed by atoms with E-state index in [4.69, 9.17) is 16.9 Å². The summed E-state index contributed by atoms with van der Waals surface area (Å²) in [5, 5.41) is 12.8. The summed E-state index contributed by atoms with van der Waals surface area (Å²) in [6, 6.07) is 12.5. The van der Waals surface area contributed by atoms with Crippen LogP contribution in [0.25, 0.3) is 20.8 Å². The molecule has 0 bridgehead atoms. The number of rotatable bonds is 2. The fourth-order valence-electron chi connectivity index (χ4n) is 2.08. The van der Waals surface area contributed by atoms with Crippen LogP contribution in [0.15, 0.2) is 36.4 Å².